The Morgan fingerprint density at radius 3 is 2.44 bits per heavy atom. The molecule has 0 radical (unpaired) electrons. The summed E-state index contributed by atoms with van der Waals surface area (Å²) in [6, 6.07) is 8.02. The summed E-state index contributed by atoms with van der Waals surface area (Å²) in [4.78, 5) is 0. The Morgan fingerprint density at radius 2 is 1.88 bits per heavy atom. The van der Waals surface area contributed by atoms with Crippen LogP contribution >= 0.6 is 0 Å². The number of benzene rings is 1. The van der Waals surface area contributed by atoms with Gasteiger partial charge in [-0.2, -0.15) is 0 Å². The Hall–Kier alpha value is -1.02. The molecule has 16 heavy (non-hydrogen) atoms. The molecule has 0 fully saturated rings. The standard InChI is InChI=1S/C14H24N2/c1-11(14(2,3)4)9-16-10-12-7-5-6-8-13(12)15/h5-8,11,16H,9-10,15H2,1-4H3. The van der Waals surface area contributed by atoms with Crippen molar-refractivity contribution in [2.45, 2.75) is 34.2 Å². The van der Waals surface area contributed by atoms with Crippen LogP contribution in [0.3, 0.4) is 0 Å². The van der Waals surface area contributed by atoms with Gasteiger partial charge in [0, 0.05) is 12.2 Å². The molecule has 0 aliphatic carbocycles. The molecule has 1 aromatic carbocycles. The fourth-order valence-electron chi connectivity index (χ4n) is 1.42. The lowest BCUT2D eigenvalue weighted by molar-refractivity contribution is 0.252. The minimum atomic E-state index is 0.356. The molecule has 1 aromatic rings. The van der Waals surface area contributed by atoms with Gasteiger partial charge in [0.1, 0.15) is 0 Å². The van der Waals surface area contributed by atoms with Crippen molar-refractivity contribution in [2.75, 3.05) is 12.3 Å². The van der Waals surface area contributed by atoms with Crippen LogP contribution in [0.2, 0.25) is 0 Å². The summed E-state index contributed by atoms with van der Waals surface area (Å²) < 4.78 is 0. The highest BCUT2D eigenvalue weighted by Gasteiger charge is 2.19. The molecule has 0 saturated carbocycles. The molecule has 0 spiro atoms. The number of nitrogen functional groups attached to an aromatic ring is 1. The molecule has 2 nitrogen and oxygen atoms in total. The van der Waals surface area contributed by atoms with Crippen molar-refractivity contribution in [1.29, 1.82) is 0 Å². The monoisotopic (exact) mass is 220 g/mol. The lowest BCUT2D eigenvalue weighted by atomic mass is 9.82. The first-order valence-electron chi connectivity index (χ1n) is 5.95. The smallest absolute Gasteiger partial charge is 0.0359 e. The van der Waals surface area contributed by atoms with Gasteiger partial charge < -0.3 is 11.1 Å². The molecule has 2 heteroatoms. The van der Waals surface area contributed by atoms with Gasteiger partial charge >= 0.3 is 0 Å². The molecule has 0 aliphatic rings. The number of rotatable bonds is 4. The van der Waals surface area contributed by atoms with Gasteiger partial charge in [0.25, 0.3) is 0 Å². The summed E-state index contributed by atoms with van der Waals surface area (Å²) >= 11 is 0. The summed E-state index contributed by atoms with van der Waals surface area (Å²) in [6.45, 7) is 11.0. The van der Waals surface area contributed by atoms with Crippen LogP contribution in [0.25, 0.3) is 0 Å². The van der Waals surface area contributed by atoms with Crippen molar-refractivity contribution in [3.8, 4) is 0 Å². The largest absolute Gasteiger partial charge is 0.398 e. The van der Waals surface area contributed by atoms with Crippen LogP contribution in [0, 0.1) is 11.3 Å². The number of hydrogen-bond acceptors (Lipinski definition) is 2. The van der Waals surface area contributed by atoms with Gasteiger partial charge in [-0.1, -0.05) is 45.9 Å². The third-order valence-corrected chi connectivity index (χ3v) is 3.30. The van der Waals surface area contributed by atoms with Gasteiger partial charge in [-0.05, 0) is 29.5 Å². The maximum absolute atomic E-state index is 5.88. The van der Waals surface area contributed by atoms with Crippen molar-refractivity contribution in [2.24, 2.45) is 11.3 Å². The predicted molar refractivity (Wildman–Crippen MR) is 71.2 cm³/mol. The van der Waals surface area contributed by atoms with E-state index < -0.39 is 0 Å². The van der Waals surface area contributed by atoms with Gasteiger partial charge in [0.2, 0.25) is 0 Å². The third kappa shape index (κ3) is 3.86. The lowest BCUT2D eigenvalue weighted by Gasteiger charge is -2.27. The zero-order valence-corrected chi connectivity index (χ0v) is 10.9. The normalized spacial score (nSPS) is 13.8. The van der Waals surface area contributed by atoms with Crippen LogP contribution in [-0.2, 0) is 6.54 Å². The summed E-state index contributed by atoms with van der Waals surface area (Å²) in [5.74, 6) is 0.650. The van der Waals surface area contributed by atoms with Gasteiger partial charge in [-0.15, -0.1) is 0 Å². The minimum Gasteiger partial charge on any atom is -0.398 e. The second-order valence-electron chi connectivity index (χ2n) is 5.60. The van der Waals surface area contributed by atoms with Crippen LogP contribution in [0.5, 0.6) is 0 Å². The van der Waals surface area contributed by atoms with Gasteiger partial charge in [0.05, 0.1) is 0 Å². The van der Waals surface area contributed by atoms with Gasteiger partial charge in [-0.25, -0.2) is 0 Å². The first-order chi connectivity index (χ1) is 7.41. The predicted octanol–water partition coefficient (Wildman–Crippen LogP) is 3.04. The summed E-state index contributed by atoms with van der Waals surface area (Å²) in [6.07, 6.45) is 0. The summed E-state index contributed by atoms with van der Waals surface area (Å²) in [5.41, 5.74) is 8.30. The van der Waals surface area contributed by atoms with Crippen molar-refractivity contribution >= 4 is 5.69 Å². The molecule has 90 valence electrons. The van der Waals surface area contributed by atoms with Crippen LogP contribution < -0.4 is 11.1 Å². The topological polar surface area (TPSA) is 38.0 Å². The van der Waals surface area contributed by atoms with E-state index in [-0.39, 0.29) is 0 Å². The van der Waals surface area contributed by atoms with E-state index >= 15 is 0 Å². The second-order valence-corrected chi connectivity index (χ2v) is 5.60. The van der Waals surface area contributed by atoms with E-state index in [1.54, 1.807) is 0 Å². The Balaban J connectivity index is 2.40. The minimum absolute atomic E-state index is 0.356. The van der Waals surface area contributed by atoms with Crippen LogP contribution in [0.1, 0.15) is 33.3 Å². The van der Waals surface area contributed by atoms with Crippen molar-refractivity contribution in [3.05, 3.63) is 29.8 Å². The first-order valence-corrected chi connectivity index (χ1v) is 5.95. The molecule has 0 aliphatic heterocycles. The molecule has 0 heterocycles. The van der Waals surface area contributed by atoms with E-state index in [1.807, 2.05) is 18.2 Å². The van der Waals surface area contributed by atoms with Gasteiger partial charge in [0.15, 0.2) is 0 Å². The molecule has 0 aromatic heterocycles. The van der Waals surface area contributed by atoms with E-state index in [2.05, 4.69) is 39.1 Å². The van der Waals surface area contributed by atoms with E-state index in [1.165, 1.54) is 5.56 Å². The number of nitrogens with one attached hydrogen (secondary N) is 1. The average Bonchev–Trinajstić information content (AvgIpc) is 2.19. The van der Waals surface area contributed by atoms with Crippen molar-refractivity contribution in [1.82, 2.24) is 5.32 Å². The fourth-order valence-corrected chi connectivity index (χ4v) is 1.42. The molecular formula is C14H24N2. The third-order valence-electron chi connectivity index (χ3n) is 3.30. The Bertz CT molecular complexity index is 326. The molecule has 1 unspecified atom stereocenters. The number of para-hydroxylation sites is 1. The second kappa shape index (κ2) is 5.35. The maximum Gasteiger partial charge on any atom is 0.0359 e. The van der Waals surface area contributed by atoms with Crippen molar-refractivity contribution in [3.63, 3.8) is 0 Å². The van der Waals surface area contributed by atoms with Crippen LogP contribution in [-0.4, -0.2) is 6.54 Å². The zero-order chi connectivity index (χ0) is 12.2. The highest BCUT2D eigenvalue weighted by atomic mass is 14.9. The molecule has 0 bridgehead atoms. The number of anilines is 1. The number of nitrogens with two attached hydrogens (primary N) is 1. The Labute approximate surface area is 99.2 Å². The Kier molecular flexibility index (Phi) is 4.36. The highest BCUT2D eigenvalue weighted by Crippen LogP contribution is 2.24. The molecular weight excluding hydrogens is 196 g/mol. The molecule has 1 atom stereocenters. The van der Waals surface area contributed by atoms with Gasteiger partial charge in [-0.3, -0.25) is 0 Å². The fraction of sp³-hybridized carbons (Fsp3) is 0.571. The zero-order valence-electron chi connectivity index (χ0n) is 10.9. The van der Waals surface area contributed by atoms with Crippen molar-refractivity contribution < 1.29 is 0 Å². The van der Waals surface area contributed by atoms with E-state index in [4.69, 9.17) is 5.73 Å². The van der Waals surface area contributed by atoms with E-state index in [0.29, 0.717) is 11.3 Å². The first kappa shape index (κ1) is 13.0. The van der Waals surface area contributed by atoms with Crippen LogP contribution in [0.4, 0.5) is 5.69 Å². The number of hydrogen-bond donors (Lipinski definition) is 2. The molecule has 0 amide bonds. The summed E-state index contributed by atoms with van der Waals surface area (Å²) in [5, 5.41) is 3.47. The molecule has 0 saturated heterocycles. The average molecular weight is 220 g/mol. The molecule has 3 N–H and O–H groups in total. The lowest BCUT2D eigenvalue weighted by Crippen LogP contribution is -2.29. The quantitative estimate of drug-likeness (QED) is 0.765. The van der Waals surface area contributed by atoms with E-state index in [9.17, 15) is 0 Å². The van der Waals surface area contributed by atoms with Crippen LogP contribution in [0.15, 0.2) is 24.3 Å². The SMILES string of the molecule is CC(CNCc1ccccc1N)C(C)(C)C. The maximum atomic E-state index is 5.88. The summed E-state index contributed by atoms with van der Waals surface area (Å²) in [7, 11) is 0. The molecule has 1 rings (SSSR count). The van der Waals surface area contributed by atoms with E-state index in [0.717, 1.165) is 18.8 Å². The Morgan fingerprint density at radius 1 is 1.25 bits per heavy atom. The highest BCUT2D eigenvalue weighted by molar-refractivity contribution is 5.46.